The van der Waals surface area contributed by atoms with Gasteiger partial charge in [-0.15, -0.1) is 0 Å². The molecule has 2 aromatic rings. The number of alkyl halides is 8. The lowest BCUT2D eigenvalue weighted by molar-refractivity contribution is -0.156. The first-order chi connectivity index (χ1) is 20.9. The molecule has 248 valence electrons. The van der Waals surface area contributed by atoms with Gasteiger partial charge in [-0.2, -0.15) is 31.4 Å². The highest BCUT2D eigenvalue weighted by atomic mass is 19.4. The topological polar surface area (TPSA) is 115 Å². The van der Waals surface area contributed by atoms with Crippen LogP contribution in [0.5, 0.6) is 0 Å². The van der Waals surface area contributed by atoms with Crippen LogP contribution in [-0.2, 0) is 25.5 Å². The maximum absolute atomic E-state index is 13.9. The van der Waals surface area contributed by atoms with Gasteiger partial charge in [0.05, 0.1) is 54.4 Å². The van der Waals surface area contributed by atoms with Crippen molar-refractivity contribution in [3.05, 3.63) is 29.7 Å². The molecule has 5 atom stereocenters. The third kappa shape index (κ3) is 7.16. The van der Waals surface area contributed by atoms with Crippen LogP contribution < -0.4 is 10.6 Å². The minimum atomic E-state index is -4.75. The molecule has 1 saturated heterocycles. The number of carbonyl (C=O) groups is 3. The van der Waals surface area contributed by atoms with Crippen LogP contribution in [0.2, 0.25) is 0 Å². The fourth-order valence-corrected chi connectivity index (χ4v) is 6.41. The van der Waals surface area contributed by atoms with E-state index in [1.165, 1.54) is 29.9 Å². The van der Waals surface area contributed by atoms with Crippen molar-refractivity contribution in [2.24, 2.45) is 23.2 Å². The number of amides is 2. The monoisotopic (exact) mass is 653 g/mol. The molecule has 0 unspecified atom stereocenters. The number of hydrogen-bond donors (Lipinski definition) is 2. The van der Waals surface area contributed by atoms with E-state index in [1.807, 2.05) is 5.32 Å². The summed E-state index contributed by atoms with van der Waals surface area (Å²) >= 11 is 0. The third-order valence-corrected chi connectivity index (χ3v) is 8.90. The second-order valence-corrected chi connectivity index (χ2v) is 12.2. The van der Waals surface area contributed by atoms with E-state index in [0.29, 0.717) is 0 Å². The number of imidazole rings is 1. The Morgan fingerprint density at radius 2 is 1.84 bits per heavy atom. The number of esters is 1. The summed E-state index contributed by atoms with van der Waals surface area (Å²) in [5, 5.41) is 8.72. The van der Waals surface area contributed by atoms with E-state index in [1.54, 1.807) is 0 Å². The molecule has 9 nitrogen and oxygen atoms in total. The molecular formula is C28H31F8N5O4. The van der Waals surface area contributed by atoms with Gasteiger partial charge in [-0.25, -0.2) is 18.3 Å². The van der Waals surface area contributed by atoms with Crippen molar-refractivity contribution in [3.8, 4) is 0 Å². The predicted molar refractivity (Wildman–Crippen MR) is 138 cm³/mol. The molecule has 3 aliphatic rings. The Balaban J connectivity index is 1.42. The molecule has 1 aliphatic heterocycles. The van der Waals surface area contributed by atoms with E-state index in [2.05, 4.69) is 15.4 Å². The first-order valence-electron chi connectivity index (χ1n) is 14.5. The fraction of sp³-hybridized carbons (Fsp3) is 0.679. The smallest absolute Gasteiger partial charge is 0.408 e. The van der Waals surface area contributed by atoms with E-state index in [9.17, 15) is 49.5 Å². The normalized spacial score (nSPS) is 27.7. The first-order valence-corrected chi connectivity index (χ1v) is 14.5. The molecule has 2 aliphatic carbocycles. The Kier molecular flexibility index (Phi) is 8.53. The molecule has 0 spiro atoms. The predicted octanol–water partition coefficient (Wildman–Crippen LogP) is 4.84. The number of hydrogen-bond acceptors (Lipinski definition) is 6. The molecule has 0 bridgehead atoms. The summed E-state index contributed by atoms with van der Waals surface area (Å²) in [6, 6.07) is -1.76. The molecular weight excluding hydrogens is 622 g/mol. The zero-order valence-corrected chi connectivity index (χ0v) is 24.0. The van der Waals surface area contributed by atoms with Gasteiger partial charge in [-0.05, 0) is 56.6 Å². The molecule has 2 N–H and O–H groups in total. The number of nitrogens with zero attached hydrogens (tertiary/aromatic N) is 3. The van der Waals surface area contributed by atoms with Gasteiger partial charge in [-0.1, -0.05) is 0 Å². The van der Waals surface area contributed by atoms with Crippen molar-refractivity contribution in [1.82, 2.24) is 25.2 Å². The van der Waals surface area contributed by atoms with Gasteiger partial charge in [0.2, 0.25) is 17.7 Å². The maximum atomic E-state index is 13.9. The van der Waals surface area contributed by atoms with Crippen molar-refractivity contribution in [2.75, 3.05) is 6.61 Å². The fourth-order valence-electron chi connectivity index (χ4n) is 6.41. The van der Waals surface area contributed by atoms with E-state index in [-0.39, 0.29) is 49.2 Å². The second-order valence-electron chi connectivity index (χ2n) is 12.2. The van der Waals surface area contributed by atoms with Gasteiger partial charge < -0.3 is 15.4 Å². The van der Waals surface area contributed by atoms with Crippen LogP contribution in [0.25, 0.3) is 5.65 Å². The summed E-state index contributed by atoms with van der Waals surface area (Å²) in [5.74, 6) is -9.24. The maximum Gasteiger partial charge on any atom is 0.408 e. The highest BCUT2D eigenvalue weighted by Crippen LogP contribution is 2.51. The van der Waals surface area contributed by atoms with E-state index < -0.39 is 97.0 Å². The number of halogens is 8. The van der Waals surface area contributed by atoms with Crippen molar-refractivity contribution < 1.29 is 54.2 Å². The largest absolute Gasteiger partial charge is 0.466 e. The SMILES string of the molecule is CCOC(=O)C[C@]1(Cc2cnn3cc([C@@H](NC(=O)[C@@H]4C[C@@H]4C(F)(F)F)C4CCC(F)(F)CC4)nc3c2)C[C@@H](C(F)(F)F)NC1=O. The molecule has 0 radical (unpaired) electrons. The highest BCUT2D eigenvalue weighted by molar-refractivity contribution is 5.90. The van der Waals surface area contributed by atoms with E-state index >= 15 is 0 Å². The van der Waals surface area contributed by atoms with E-state index in [0.717, 1.165) is 0 Å². The van der Waals surface area contributed by atoms with Gasteiger partial charge in [0.25, 0.3) is 0 Å². The van der Waals surface area contributed by atoms with Crippen LogP contribution >= 0.6 is 0 Å². The number of fused-ring (bicyclic) bond motifs is 1. The van der Waals surface area contributed by atoms with Crippen LogP contribution in [0.3, 0.4) is 0 Å². The van der Waals surface area contributed by atoms with Crippen LogP contribution in [0.4, 0.5) is 35.1 Å². The Hall–Kier alpha value is -3.53. The van der Waals surface area contributed by atoms with Gasteiger partial charge in [-0.3, -0.25) is 14.4 Å². The summed E-state index contributed by atoms with van der Waals surface area (Å²) < 4.78 is 114. The molecule has 2 aromatic heterocycles. The zero-order valence-electron chi connectivity index (χ0n) is 24.0. The molecule has 17 heteroatoms. The van der Waals surface area contributed by atoms with E-state index in [4.69, 9.17) is 4.74 Å². The van der Waals surface area contributed by atoms with Gasteiger partial charge in [0.1, 0.15) is 6.04 Å². The Labute approximate surface area is 251 Å². The minimum absolute atomic E-state index is 0.0241. The summed E-state index contributed by atoms with van der Waals surface area (Å²) in [5.41, 5.74) is -1.26. The first kappa shape index (κ1) is 32.9. The minimum Gasteiger partial charge on any atom is -0.466 e. The number of nitrogens with one attached hydrogen (secondary N) is 2. The van der Waals surface area contributed by atoms with Crippen LogP contribution in [-0.4, -0.2) is 63.3 Å². The number of ether oxygens (including phenoxy) is 1. The summed E-state index contributed by atoms with van der Waals surface area (Å²) in [6.07, 6.45) is -9.68. The standard InChI is InChI=1S/C28H31F8N5O4/c1-2-45-21(42)11-25(10-19(28(34,35)36)39-24(25)44)9-14-7-20-38-18(13-41(20)37-12-14)22(15-3-5-26(29,30)6-4-15)40-23(43)16-8-17(16)27(31,32)33/h7,12-13,15-17,19,22H,2-6,8-11H2,1H3,(H,39,44)(H,40,43)/t16-,17+,19+,22+,25+/m1/s1. The van der Waals surface area contributed by atoms with Crippen molar-refractivity contribution in [2.45, 2.75) is 88.6 Å². The number of rotatable bonds is 9. The Bertz CT molecular complexity index is 1450. The molecule has 3 fully saturated rings. The van der Waals surface area contributed by atoms with Gasteiger partial charge in [0, 0.05) is 12.8 Å². The average Bonchev–Trinajstić information content (AvgIpc) is 3.55. The summed E-state index contributed by atoms with van der Waals surface area (Å²) in [7, 11) is 0. The summed E-state index contributed by atoms with van der Waals surface area (Å²) in [6.45, 7) is 1.47. The molecule has 2 amide bonds. The van der Waals surface area contributed by atoms with Crippen LogP contribution in [0, 0.1) is 23.2 Å². The summed E-state index contributed by atoms with van der Waals surface area (Å²) in [4.78, 5) is 42.5. The third-order valence-electron chi connectivity index (χ3n) is 8.90. The highest BCUT2D eigenvalue weighted by Gasteiger charge is 2.59. The Morgan fingerprint density at radius 1 is 1.16 bits per heavy atom. The lowest BCUT2D eigenvalue weighted by Gasteiger charge is -2.33. The van der Waals surface area contributed by atoms with Crippen LogP contribution in [0.1, 0.15) is 69.2 Å². The van der Waals surface area contributed by atoms with Gasteiger partial charge in [0.15, 0.2) is 5.65 Å². The lowest BCUT2D eigenvalue weighted by Crippen LogP contribution is -2.39. The van der Waals surface area contributed by atoms with Crippen LogP contribution in [0.15, 0.2) is 18.5 Å². The number of carbonyl (C=O) groups excluding carboxylic acids is 3. The second kappa shape index (κ2) is 11.7. The van der Waals surface area contributed by atoms with Crippen molar-refractivity contribution >= 4 is 23.4 Å². The zero-order chi connectivity index (χ0) is 32.9. The Morgan fingerprint density at radius 3 is 2.42 bits per heavy atom. The number of aromatic nitrogens is 3. The molecule has 0 aromatic carbocycles. The van der Waals surface area contributed by atoms with Crippen molar-refractivity contribution in [3.63, 3.8) is 0 Å². The molecule has 5 rings (SSSR count). The molecule has 2 saturated carbocycles. The van der Waals surface area contributed by atoms with Crippen molar-refractivity contribution in [1.29, 1.82) is 0 Å². The average molecular weight is 654 g/mol. The lowest BCUT2D eigenvalue weighted by atomic mass is 9.76. The molecule has 45 heavy (non-hydrogen) atoms. The molecule has 3 heterocycles. The quantitative estimate of drug-likeness (QED) is 0.296. The van der Waals surface area contributed by atoms with Gasteiger partial charge >= 0.3 is 18.3 Å².